The van der Waals surface area contributed by atoms with Crippen molar-refractivity contribution in [2.75, 3.05) is 39.2 Å². The molecular formula is C31H43N3O11. The van der Waals surface area contributed by atoms with E-state index in [1.807, 2.05) is 63.2 Å². The fourth-order valence-electron chi connectivity index (χ4n) is 4.49. The molecular weight excluding hydrogens is 590 g/mol. The van der Waals surface area contributed by atoms with Crippen LogP contribution < -0.4 is 10.1 Å². The van der Waals surface area contributed by atoms with Crippen molar-refractivity contribution < 1.29 is 53.8 Å². The van der Waals surface area contributed by atoms with E-state index in [1.165, 1.54) is 30.0 Å². The number of carbonyl (C=O) groups is 3. The molecule has 1 fully saturated rings. The lowest BCUT2D eigenvalue weighted by atomic mass is 9.98. The molecule has 1 aliphatic rings. The summed E-state index contributed by atoms with van der Waals surface area (Å²) in [4.78, 5) is 39.9. The molecule has 14 nitrogen and oxygen atoms in total. The maximum atomic E-state index is 13.2. The van der Waals surface area contributed by atoms with Crippen molar-refractivity contribution in [2.24, 2.45) is 0 Å². The van der Waals surface area contributed by atoms with Crippen molar-refractivity contribution in [1.82, 2.24) is 9.80 Å². The smallest absolute Gasteiger partial charge is 0.411 e. The number of aliphatic hydroxyl groups is 3. The number of anilines is 1. The monoisotopic (exact) mass is 633 g/mol. The minimum absolute atomic E-state index is 0.00196. The number of nitrogens with one attached hydrogen (secondary N) is 1. The molecule has 0 saturated carbocycles. The van der Waals surface area contributed by atoms with Gasteiger partial charge < -0.3 is 49.6 Å². The molecule has 14 heteroatoms. The first-order chi connectivity index (χ1) is 21.2. The Hall–Kier alpha value is -3.79. The third kappa shape index (κ3) is 10.7. The number of benzene rings is 2. The number of hydrogen-bond donors (Lipinski definition) is 5. The van der Waals surface area contributed by atoms with Crippen LogP contribution in [0, 0.1) is 0 Å². The maximum Gasteiger partial charge on any atom is 0.411 e. The summed E-state index contributed by atoms with van der Waals surface area (Å²) in [6.07, 6.45) is -9.06. The fourth-order valence-corrected chi connectivity index (χ4v) is 4.49. The number of nitrogens with zero attached hydrogens (tertiary/aromatic N) is 2. The van der Waals surface area contributed by atoms with E-state index in [4.69, 9.17) is 18.9 Å². The number of likely N-dealkylation sites (N-methyl/N-ethyl adjacent to an activating group) is 1. The van der Waals surface area contributed by atoms with Crippen molar-refractivity contribution in [3.05, 3.63) is 59.7 Å². The van der Waals surface area contributed by atoms with Crippen LogP contribution in [0.1, 0.15) is 31.9 Å². The Bertz CT molecular complexity index is 1290. The van der Waals surface area contributed by atoms with Crippen molar-refractivity contribution in [3.8, 4) is 5.75 Å². The topological polar surface area (TPSA) is 188 Å². The molecule has 0 aromatic heterocycles. The zero-order valence-electron chi connectivity index (χ0n) is 26.1. The highest BCUT2D eigenvalue weighted by atomic mass is 16.7. The summed E-state index contributed by atoms with van der Waals surface area (Å²) in [6, 6.07) is 14.3. The van der Waals surface area contributed by atoms with Gasteiger partial charge in [-0.1, -0.05) is 36.4 Å². The van der Waals surface area contributed by atoms with Crippen molar-refractivity contribution in [2.45, 2.75) is 70.1 Å². The molecule has 0 radical (unpaired) electrons. The molecule has 0 spiro atoms. The second-order valence-electron chi connectivity index (χ2n) is 11.7. The second-order valence-corrected chi connectivity index (χ2v) is 11.7. The number of aliphatic hydroxyl groups excluding tert-OH is 3. The molecule has 2 amide bonds. The second kappa shape index (κ2) is 16.0. The van der Waals surface area contributed by atoms with Crippen LogP contribution in [0.15, 0.2) is 48.5 Å². The summed E-state index contributed by atoms with van der Waals surface area (Å²) in [5, 5.41) is 42.2. The predicted octanol–water partition coefficient (Wildman–Crippen LogP) is 1.41. The average molecular weight is 634 g/mol. The van der Waals surface area contributed by atoms with Crippen LogP contribution in [-0.4, -0.2) is 118 Å². The van der Waals surface area contributed by atoms with E-state index in [0.29, 0.717) is 25.1 Å². The van der Waals surface area contributed by atoms with E-state index in [1.54, 1.807) is 0 Å². The molecule has 45 heavy (non-hydrogen) atoms. The Balaban J connectivity index is 1.69. The molecule has 0 unspecified atom stereocenters. The zero-order chi connectivity index (χ0) is 33.3. The average Bonchev–Trinajstić information content (AvgIpc) is 2.96. The number of rotatable bonds is 14. The molecule has 0 aliphatic carbocycles. The van der Waals surface area contributed by atoms with Gasteiger partial charge in [0.05, 0.1) is 11.3 Å². The van der Waals surface area contributed by atoms with Gasteiger partial charge in [-0.05, 0) is 51.2 Å². The number of aliphatic carboxylic acids is 1. The lowest BCUT2D eigenvalue weighted by Gasteiger charge is -2.38. The van der Waals surface area contributed by atoms with E-state index in [2.05, 4.69) is 5.32 Å². The lowest BCUT2D eigenvalue weighted by molar-refractivity contribution is -0.271. The van der Waals surface area contributed by atoms with Crippen molar-refractivity contribution in [1.29, 1.82) is 0 Å². The number of ether oxygens (including phenoxy) is 4. The Morgan fingerprint density at radius 1 is 0.956 bits per heavy atom. The highest BCUT2D eigenvalue weighted by molar-refractivity contribution is 5.90. The van der Waals surface area contributed by atoms with Crippen LogP contribution in [0.5, 0.6) is 5.75 Å². The third-order valence-electron chi connectivity index (χ3n) is 6.93. The molecule has 1 saturated heterocycles. The first-order valence-corrected chi connectivity index (χ1v) is 14.4. The highest BCUT2D eigenvalue weighted by Crippen LogP contribution is 2.31. The van der Waals surface area contributed by atoms with Gasteiger partial charge in [-0.3, -0.25) is 9.69 Å². The lowest BCUT2D eigenvalue weighted by Crippen LogP contribution is -2.61. The third-order valence-corrected chi connectivity index (χ3v) is 6.93. The maximum absolute atomic E-state index is 13.2. The standard InChI is InChI=1S/C31H43N3O11/c1-19(35)32-22-15-21(11-12-23(22)44-29-26(38)24(36)25(37)27(45-29)28(39)40)17-42-30(41)34(14-13-33(4)5)18-43-31(2,3)16-20-9-7-6-8-10-20/h6-12,15,24-27,29,36-38H,13-14,16-18H2,1-5H3,(H,32,35)(H,39,40)/t24-,25-,26+,27-,29+/m0/s1. The minimum Gasteiger partial charge on any atom is -0.479 e. The molecule has 0 bridgehead atoms. The summed E-state index contributed by atoms with van der Waals surface area (Å²) in [7, 11) is 3.78. The van der Waals surface area contributed by atoms with E-state index in [-0.39, 0.29) is 24.8 Å². The quantitative estimate of drug-likeness (QED) is 0.189. The van der Waals surface area contributed by atoms with Gasteiger partial charge in [0.2, 0.25) is 12.2 Å². The number of carboxylic acids is 1. The van der Waals surface area contributed by atoms with Crippen molar-refractivity contribution >= 4 is 23.7 Å². The summed E-state index contributed by atoms with van der Waals surface area (Å²) in [5.74, 6) is -2.06. The van der Waals surface area contributed by atoms with Crippen LogP contribution in [0.4, 0.5) is 10.5 Å². The number of carboxylic acid groups (broad SMARTS) is 1. The van der Waals surface area contributed by atoms with Gasteiger partial charge >= 0.3 is 12.1 Å². The Kier molecular flexibility index (Phi) is 12.7. The molecule has 2 aromatic carbocycles. The Morgan fingerprint density at radius 2 is 1.64 bits per heavy atom. The van der Waals surface area contributed by atoms with Gasteiger partial charge in [-0.25, -0.2) is 9.59 Å². The normalized spacial score (nSPS) is 21.7. The van der Waals surface area contributed by atoms with Crippen LogP contribution in [-0.2, 0) is 36.8 Å². The largest absolute Gasteiger partial charge is 0.479 e. The van der Waals surface area contributed by atoms with Crippen LogP contribution in [0.2, 0.25) is 0 Å². The molecule has 3 rings (SSSR count). The Labute approximate surface area is 262 Å². The molecule has 5 atom stereocenters. The van der Waals surface area contributed by atoms with Crippen LogP contribution in [0.25, 0.3) is 0 Å². The first kappa shape index (κ1) is 35.7. The van der Waals surface area contributed by atoms with Crippen molar-refractivity contribution in [3.63, 3.8) is 0 Å². The van der Waals surface area contributed by atoms with Gasteiger partial charge in [-0.2, -0.15) is 0 Å². The molecule has 248 valence electrons. The zero-order valence-corrected chi connectivity index (χ0v) is 26.1. The highest BCUT2D eigenvalue weighted by Gasteiger charge is 2.48. The summed E-state index contributed by atoms with van der Waals surface area (Å²) < 4.78 is 22.5. The molecule has 1 aliphatic heterocycles. The summed E-state index contributed by atoms with van der Waals surface area (Å²) in [5.41, 5.74) is 1.12. The van der Waals surface area contributed by atoms with E-state index < -0.39 is 54.3 Å². The van der Waals surface area contributed by atoms with E-state index in [0.717, 1.165) is 5.56 Å². The van der Waals surface area contributed by atoms with Gasteiger partial charge in [0.1, 0.15) is 37.4 Å². The first-order valence-electron chi connectivity index (χ1n) is 14.4. The number of carbonyl (C=O) groups excluding carboxylic acids is 2. The van der Waals surface area contributed by atoms with E-state index >= 15 is 0 Å². The Morgan fingerprint density at radius 3 is 2.27 bits per heavy atom. The van der Waals surface area contributed by atoms with Gasteiger partial charge in [-0.15, -0.1) is 0 Å². The van der Waals surface area contributed by atoms with Gasteiger partial charge in [0.25, 0.3) is 0 Å². The molecule has 5 N–H and O–H groups in total. The summed E-state index contributed by atoms with van der Waals surface area (Å²) >= 11 is 0. The number of amides is 2. The van der Waals surface area contributed by atoms with Crippen LogP contribution >= 0.6 is 0 Å². The minimum atomic E-state index is -1.89. The predicted molar refractivity (Wildman–Crippen MR) is 161 cm³/mol. The fraction of sp³-hybridized carbons (Fsp3) is 0.516. The molecule has 1 heterocycles. The van der Waals surface area contributed by atoms with E-state index in [9.17, 15) is 34.8 Å². The molecule has 2 aromatic rings. The van der Waals surface area contributed by atoms with Crippen LogP contribution in [0.3, 0.4) is 0 Å². The van der Waals surface area contributed by atoms with Gasteiger partial charge in [0, 0.05) is 26.4 Å². The SMILES string of the molecule is CC(=O)Nc1cc(COC(=O)N(CCN(C)C)COC(C)(C)Cc2ccccc2)ccc1O[C@@H]1O[C@H](C(=O)O)[C@@H](O)[C@H](O)[C@H]1O. The number of hydrogen-bond acceptors (Lipinski definition) is 11. The van der Waals surface area contributed by atoms with Gasteiger partial charge in [0.15, 0.2) is 6.10 Å². The summed E-state index contributed by atoms with van der Waals surface area (Å²) in [6.45, 7) is 5.89.